The number of unbranched alkanes of at least 4 members (excludes halogenated alkanes) is 2. The van der Waals surface area contributed by atoms with Crippen molar-refractivity contribution < 1.29 is 13.5 Å². The molecule has 5 heteroatoms. The molecule has 0 saturated carbocycles. The van der Waals surface area contributed by atoms with E-state index in [-0.39, 0.29) is 24.2 Å². The molecule has 0 fully saturated rings. The Morgan fingerprint density at radius 3 is 2.41 bits per heavy atom. The lowest BCUT2D eigenvalue weighted by Crippen LogP contribution is -2.37. The molecule has 0 aromatic carbocycles. The van der Waals surface area contributed by atoms with Gasteiger partial charge in [0, 0.05) is 12.6 Å². The quantitative estimate of drug-likeness (QED) is 0.553. The first-order valence-corrected chi connectivity index (χ1v) is 8.42. The zero-order valence-corrected chi connectivity index (χ0v) is 11.9. The van der Waals surface area contributed by atoms with Crippen LogP contribution in [0.4, 0.5) is 0 Å². The molecule has 0 aliphatic carbocycles. The van der Waals surface area contributed by atoms with E-state index in [1.165, 1.54) is 0 Å². The lowest BCUT2D eigenvalue weighted by Gasteiger charge is -2.17. The SMILES string of the molecule is CCCCCS(=O)(=O)CC(CCO)NCCC. The van der Waals surface area contributed by atoms with Crippen molar-refractivity contribution in [3.63, 3.8) is 0 Å². The molecule has 0 heterocycles. The molecule has 0 saturated heterocycles. The van der Waals surface area contributed by atoms with Crippen LogP contribution in [-0.4, -0.2) is 44.2 Å². The van der Waals surface area contributed by atoms with Crippen LogP contribution < -0.4 is 5.32 Å². The summed E-state index contributed by atoms with van der Waals surface area (Å²) in [7, 11) is -2.98. The maximum Gasteiger partial charge on any atom is 0.151 e. The van der Waals surface area contributed by atoms with Gasteiger partial charge in [-0.15, -0.1) is 0 Å². The summed E-state index contributed by atoms with van der Waals surface area (Å²) < 4.78 is 23.7. The highest BCUT2D eigenvalue weighted by molar-refractivity contribution is 7.91. The second kappa shape index (κ2) is 9.85. The zero-order valence-electron chi connectivity index (χ0n) is 11.1. The number of hydrogen-bond donors (Lipinski definition) is 2. The highest BCUT2D eigenvalue weighted by Crippen LogP contribution is 2.04. The molecule has 4 nitrogen and oxygen atoms in total. The van der Waals surface area contributed by atoms with Gasteiger partial charge in [-0.3, -0.25) is 0 Å². The molecule has 0 aromatic heterocycles. The molecule has 0 aliphatic heterocycles. The molecule has 2 N–H and O–H groups in total. The molecule has 0 amide bonds. The van der Waals surface area contributed by atoms with E-state index in [0.29, 0.717) is 6.42 Å². The third kappa shape index (κ3) is 9.56. The Labute approximate surface area is 106 Å². The van der Waals surface area contributed by atoms with Crippen molar-refractivity contribution in [1.82, 2.24) is 5.32 Å². The van der Waals surface area contributed by atoms with Crippen molar-refractivity contribution in [3.8, 4) is 0 Å². The van der Waals surface area contributed by atoms with Gasteiger partial charge >= 0.3 is 0 Å². The summed E-state index contributed by atoms with van der Waals surface area (Å²) in [4.78, 5) is 0. The fourth-order valence-corrected chi connectivity index (χ4v) is 3.42. The molecular weight excluding hydrogens is 238 g/mol. The summed E-state index contributed by atoms with van der Waals surface area (Å²) in [5.41, 5.74) is 0. The molecule has 0 aromatic rings. The molecule has 0 rings (SSSR count). The van der Waals surface area contributed by atoms with E-state index in [2.05, 4.69) is 12.2 Å². The Morgan fingerprint density at radius 1 is 1.18 bits per heavy atom. The molecular formula is C12H27NO3S. The van der Waals surface area contributed by atoms with Crippen molar-refractivity contribution >= 4 is 9.84 Å². The molecule has 0 bridgehead atoms. The van der Waals surface area contributed by atoms with E-state index < -0.39 is 9.84 Å². The van der Waals surface area contributed by atoms with Crippen LogP contribution in [0.15, 0.2) is 0 Å². The molecule has 1 unspecified atom stereocenters. The van der Waals surface area contributed by atoms with Crippen LogP contribution in [0.25, 0.3) is 0 Å². The summed E-state index contributed by atoms with van der Waals surface area (Å²) >= 11 is 0. The molecule has 17 heavy (non-hydrogen) atoms. The second-order valence-electron chi connectivity index (χ2n) is 4.48. The first kappa shape index (κ1) is 16.9. The summed E-state index contributed by atoms with van der Waals surface area (Å²) in [5.74, 6) is 0.424. The fourth-order valence-electron chi connectivity index (χ4n) is 1.71. The second-order valence-corrected chi connectivity index (χ2v) is 6.71. The van der Waals surface area contributed by atoms with Gasteiger partial charge in [0.25, 0.3) is 0 Å². The van der Waals surface area contributed by atoms with Gasteiger partial charge in [0.2, 0.25) is 0 Å². The molecule has 104 valence electrons. The molecule has 1 atom stereocenters. The predicted molar refractivity (Wildman–Crippen MR) is 72.0 cm³/mol. The minimum Gasteiger partial charge on any atom is -0.396 e. The Hall–Kier alpha value is -0.130. The van der Waals surface area contributed by atoms with Crippen LogP contribution in [0.1, 0.15) is 46.0 Å². The van der Waals surface area contributed by atoms with Gasteiger partial charge in [0.05, 0.1) is 11.5 Å². The van der Waals surface area contributed by atoms with Gasteiger partial charge in [0.1, 0.15) is 0 Å². The predicted octanol–water partition coefficient (Wildman–Crippen LogP) is 1.34. The number of sulfone groups is 1. The van der Waals surface area contributed by atoms with Gasteiger partial charge in [0.15, 0.2) is 9.84 Å². The van der Waals surface area contributed by atoms with Crippen LogP contribution in [0.5, 0.6) is 0 Å². The Balaban J connectivity index is 4.11. The Kier molecular flexibility index (Phi) is 9.78. The standard InChI is InChI=1S/C12H27NO3S/c1-3-5-6-10-17(15,16)11-12(7-9-14)13-8-4-2/h12-14H,3-11H2,1-2H3. The van der Waals surface area contributed by atoms with Crippen LogP contribution in [0.3, 0.4) is 0 Å². The highest BCUT2D eigenvalue weighted by atomic mass is 32.2. The maximum atomic E-state index is 11.8. The summed E-state index contributed by atoms with van der Waals surface area (Å²) in [6.07, 6.45) is 4.22. The third-order valence-electron chi connectivity index (χ3n) is 2.67. The van der Waals surface area contributed by atoms with Crippen molar-refractivity contribution in [1.29, 1.82) is 0 Å². The van der Waals surface area contributed by atoms with E-state index in [9.17, 15) is 8.42 Å². The van der Waals surface area contributed by atoms with Crippen molar-refractivity contribution in [2.75, 3.05) is 24.7 Å². The van der Waals surface area contributed by atoms with Crippen LogP contribution in [0.2, 0.25) is 0 Å². The Morgan fingerprint density at radius 2 is 1.88 bits per heavy atom. The summed E-state index contributed by atoms with van der Waals surface area (Å²) in [6.45, 7) is 4.93. The number of nitrogens with one attached hydrogen (secondary N) is 1. The monoisotopic (exact) mass is 265 g/mol. The van der Waals surface area contributed by atoms with Crippen molar-refractivity contribution in [2.24, 2.45) is 0 Å². The largest absolute Gasteiger partial charge is 0.396 e. The van der Waals surface area contributed by atoms with E-state index >= 15 is 0 Å². The van der Waals surface area contributed by atoms with Gasteiger partial charge in [-0.05, 0) is 25.8 Å². The number of hydrogen-bond acceptors (Lipinski definition) is 4. The van der Waals surface area contributed by atoms with Crippen molar-refractivity contribution in [2.45, 2.75) is 52.0 Å². The van der Waals surface area contributed by atoms with Gasteiger partial charge in [-0.2, -0.15) is 0 Å². The lowest BCUT2D eigenvalue weighted by atomic mass is 10.2. The number of aliphatic hydroxyl groups excluding tert-OH is 1. The fraction of sp³-hybridized carbons (Fsp3) is 1.00. The minimum atomic E-state index is -2.98. The lowest BCUT2D eigenvalue weighted by molar-refractivity contribution is 0.269. The topological polar surface area (TPSA) is 66.4 Å². The summed E-state index contributed by atoms with van der Waals surface area (Å²) in [6, 6.07) is -0.105. The molecule has 0 radical (unpaired) electrons. The number of rotatable bonds is 11. The minimum absolute atomic E-state index is 0.0336. The first-order valence-electron chi connectivity index (χ1n) is 6.60. The van der Waals surface area contributed by atoms with Gasteiger partial charge < -0.3 is 10.4 Å². The smallest absolute Gasteiger partial charge is 0.151 e. The van der Waals surface area contributed by atoms with E-state index in [0.717, 1.165) is 32.2 Å². The average molecular weight is 265 g/mol. The highest BCUT2D eigenvalue weighted by Gasteiger charge is 2.17. The third-order valence-corrected chi connectivity index (χ3v) is 4.50. The normalized spacial score (nSPS) is 13.8. The summed E-state index contributed by atoms with van der Waals surface area (Å²) in [5, 5.41) is 12.1. The maximum absolute atomic E-state index is 11.8. The van der Waals surface area contributed by atoms with Crippen LogP contribution in [0, 0.1) is 0 Å². The Bertz CT molecular complexity index is 265. The average Bonchev–Trinajstić information content (AvgIpc) is 2.26. The van der Waals surface area contributed by atoms with Gasteiger partial charge in [-0.1, -0.05) is 26.7 Å². The van der Waals surface area contributed by atoms with Crippen LogP contribution in [-0.2, 0) is 9.84 Å². The molecule has 0 aliphatic rings. The number of aliphatic hydroxyl groups is 1. The van der Waals surface area contributed by atoms with Crippen molar-refractivity contribution in [3.05, 3.63) is 0 Å². The zero-order chi connectivity index (χ0) is 13.1. The van der Waals surface area contributed by atoms with E-state index in [4.69, 9.17) is 5.11 Å². The van der Waals surface area contributed by atoms with E-state index in [1.54, 1.807) is 0 Å². The van der Waals surface area contributed by atoms with Gasteiger partial charge in [-0.25, -0.2) is 8.42 Å². The van der Waals surface area contributed by atoms with E-state index in [1.807, 2.05) is 6.92 Å². The van der Waals surface area contributed by atoms with Crippen LogP contribution >= 0.6 is 0 Å². The molecule has 0 spiro atoms. The first-order chi connectivity index (χ1) is 8.05.